The lowest BCUT2D eigenvalue weighted by Crippen LogP contribution is -2.36. The summed E-state index contributed by atoms with van der Waals surface area (Å²) in [5, 5.41) is 7.12. The third-order valence-corrected chi connectivity index (χ3v) is 5.46. The van der Waals surface area contributed by atoms with Crippen molar-refractivity contribution in [2.45, 2.75) is 44.9 Å². The largest absolute Gasteiger partial charge is 0.490 e. The summed E-state index contributed by atoms with van der Waals surface area (Å²) in [6.07, 6.45) is 1.05. The second-order valence-corrected chi connectivity index (χ2v) is 7.79. The van der Waals surface area contributed by atoms with Crippen LogP contribution in [0.25, 0.3) is 0 Å². The molecule has 1 amide bonds. The standard InChI is InChI=1S/C17H26N4O2.C2HF3O2/c22-17(11-14-1-2-14)20-4-3-16-18-12-15(21(16)6-5-20)13-19-7-9-23-10-8-19;3-2(4,5)1(6)7/h12,14H,1-11,13H2;(H,6,7). The number of carboxylic acid groups (broad SMARTS) is 1. The number of rotatable bonds is 4. The summed E-state index contributed by atoms with van der Waals surface area (Å²) in [7, 11) is 0. The fourth-order valence-electron chi connectivity index (χ4n) is 3.56. The molecule has 2 aliphatic heterocycles. The predicted octanol–water partition coefficient (Wildman–Crippen LogP) is 1.53. The third-order valence-electron chi connectivity index (χ3n) is 5.46. The first-order valence-corrected chi connectivity index (χ1v) is 10.2. The van der Waals surface area contributed by atoms with Gasteiger partial charge in [0.15, 0.2) is 0 Å². The van der Waals surface area contributed by atoms with E-state index in [1.807, 2.05) is 11.1 Å². The number of carbonyl (C=O) groups is 2. The zero-order valence-corrected chi connectivity index (χ0v) is 16.7. The van der Waals surface area contributed by atoms with Gasteiger partial charge < -0.3 is 19.3 Å². The van der Waals surface area contributed by atoms with Gasteiger partial charge >= 0.3 is 12.1 Å². The second kappa shape index (κ2) is 9.78. The Kier molecular flexibility index (Phi) is 7.35. The minimum atomic E-state index is -5.08. The fraction of sp³-hybridized carbons (Fsp3) is 0.737. The van der Waals surface area contributed by atoms with Crippen LogP contribution in [0.15, 0.2) is 6.20 Å². The molecule has 11 heteroatoms. The van der Waals surface area contributed by atoms with Gasteiger partial charge in [-0.1, -0.05) is 0 Å². The maximum atomic E-state index is 12.4. The van der Waals surface area contributed by atoms with E-state index in [4.69, 9.17) is 14.6 Å². The Hall–Kier alpha value is -2.14. The molecule has 0 aromatic carbocycles. The van der Waals surface area contributed by atoms with Crippen LogP contribution in [-0.4, -0.2) is 81.9 Å². The molecular formula is C19H27F3N4O4. The van der Waals surface area contributed by atoms with E-state index in [-0.39, 0.29) is 0 Å². The number of hydrogen-bond acceptors (Lipinski definition) is 5. The molecule has 1 aliphatic carbocycles. The van der Waals surface area contributed by atoms with Crippen LogP contribution in [0.4, 0.5) is 13.2 Å². The predicted molar refractivity (Wildman–Crippen MR) is 99.6 cm³/mol. The minimum Gasteiger partial charge on any atom is -0.475 e. The molecule has 0 spiro atoms. The molecule has 1 saturated carbocycles. The highest BCUT2D eigenvalue weighted by molar-refractivity contribution is 5.76. The number of alkyl halides is 3. The number of hydrogen-bond donors (Lipinski definition) is 1. The van der Waals surface area contributed by atoms with Crippen LogP contribution in [0.2, 0.25) is 0 Å². The van der Waals surface area contributed by atoms with E-state index >= 15 is 0 Å². The van der Waals surface area contributed by atoms with E-state index in [9.17, 15) is 18.0 Å². The molecule has 8 nitrogen and oxygen atoms in total. The van der Waals surface area contributed by atoms with Gasteiger partial charge in [0.25, 0.3) is 0 Å². The van der Waals surface area contributed by atoms with Crippen LogP contribution in [-0.2, 0) is 33.8 Å². The fourth-order valence-corrected chi connectivity index (χ4v) is 3.56. The molecule has 0 unspecified atom stereocenters. The SMILES string of the molecule is O=C(CC1CC1)N1CCc2ncc(CN3CCOCC3)n2CC1.O=C(O)C(F)(F)F. The van der Waals surface area contributed by atoms with Crippen molar-refractivity contribution in [3.63, 3.8) is 0 Å². The molecule has 1 saturated heterocycles. The number of fused-ring (bicyclic) bond motifs is 1. The van der Waals surface area contributed by atoms with Crippen molar-refractivity contribution in [1.82, 2.24) is 19.4 Å². The molecule has 3 heterocycles. The third kappa shape index (κ3) is 6.43. The van der Waals surface area contributed by atoms with Crippen molar-refractivity contribution in [3.05, 3.63) is 17.7 Å². The van der Waals surface area contributed by atoms with Crippen molar-refractivity contribution in [3.8, 4) is 0 Å². The number of morpholine rings is 1. The first-order chi connectivity index (χ1) is 14.2. The number of halogens is 3. The van der Waals surface area contributed by atoms with Crippen LogP contribution in [0, 0.1) is 5.92 Å². The lowest BCUT2D eigenvalue weighted by molar-refractivity contribution is -0.192. The van der Waals surface area contributed by atoms with Gasteiger partial charge in [0, 0.05) is 58.3 Å². The molecule has 1 aromatic heterocycles. The average Bonchev–Trinajstić information content (AvgIpc) is 3.47. The molecule has 30 heavy (non-hydrogen) atoms. The quantitative estimate of drug-likeness (QED) is 0.777. The van der Waals surface area contributed by atoms with E-state index < -0.39 is 12.1 Å². The topological polar surface area (TPSA) is 87.9 Å². The number of ether oxygens (including phenoxy) is 1. The van der Waals surface area contributed by atoms with E-state index in [0.717, 1.165) is 71.1 Å². The normalized spacial score (nSPS) is 20.0. The highest BCUT2D eigenvalue weighted by Crippen LogP contribution is 2.33. The monoisotopic (exact) mass is 432 g/mol. The highest BCUT2D eigenvalue weighted by Gasteiger charge is 2.38. The Morgan fingerprint density at radius 2 is 1.80 bits per heavy atom. The van der Waals surface area contributed by atoms with Gasteiger partial charge in [-0.15, -0.1) is 0 Å². The zero-order valence-electron chi connectivity index (χ0n) is 16.7. The van der Waals surface area contributed by atoms with Crippen LogP contribution < -0.4 is 0 Å². The Morgan fingerprint density at radius 1 is 1.13 bits per heavy atom. The number of imidazole rings is 1. The van der Waals surface area contributed by atoms with Crippen molar-refractivity contribution in [1.29, 1.82) is 0 Å². The molecular weight excluding hydrogens is 405 g/mol. The van der Waals surface area contributed by atoms with Crippen molar-refractivity contribution in [2.24, 2.45) is 5.92 Å². The smallest absolute Gasteiger partial charge is 0.475 e. The summed E-state index contributed by atoms with van der Waals surface area (Å²) in [5.74, 6) is -0.616. The van der Waals surface area contributed by atoms with Gasteiger partial charge in [-0.25, -0.2) is 9.78 Å². The average molecular weight is 432 g/mol. The molecule has 2 fully saturated rings. The maximum absolute atomic E-state index is 12.4. The molecule has 1 N–H and O–H groups in total. The maximum Gasteiger partial charge on any atom is 0.490 e. The molecule has 0 radical (unpaired) electrons. The van der Waals surface area contributed by atoms with Crippen molar-refractivity contribution >= 4 is 11.9 Å². The zero-order chi connectivity index (χ0) is 21.7. The van der Waals surface area contributed by atoms with E-state index in [2.05, 4.69) is 14.5 Å². The molecule has 0 bridgehead atoms. The number of aliphatic carboxylic acids is 1. The molecule has 1 aromatic rings. The summed E-state index contributed by atoms with van der Waals surface area (Å²) < 4.78 is 39.5. The van der Waals surface area contributed by atoms with Gasteiger partial charge in [0.05, 0.1) is 18.9 Å². The van der Waals surface area contributed by atoms with Crippen LogP contribution in [0.1, 0.15) is 30.8 Å². The lowest BCUT2D eigenvalue weighted by atomic mass is 10.2. The molecule has 4 rings (SSSR count). The second-order valence-electron chi connectivity index (χ2n) is 7.79. The molecule has 168 valence electrons. The Bertz CT molecular complexity index is 743. The van der Waals surface area contributed by atoms with E-state index in [0.29, 0.717) is 11.8 Å². The van der Waals surface area contributed by atoms with Gasteiger partial charge in [-0.05, 0) is 18.8 Å². The summed E-state index contributed by atoms with van der Waals surface area (Å²) in [6.45, 7) is 7.09. The van der Waals surface area contributed by atoms with Crippen molar-refractivity contribution < 1.29 is 32.6 Å². The summed E-state index contributed by atoms with van der Waals surface area (Å²) in [6, 6.07) is 0. The number of aromatic nitrogens is 2. The van der Waals surface area contributed by atoms with E-state index in [1.54, 1.807) is 0 Å². The first kappa shape index (κ1) is 22.5. The van der Waals surface area contributed by atoms with Crippen LogP contribution in [0.3, 0.4) is 0 Å². The number of carboxylic acids is 1. The summed E-state index contributed by atoms with van der Waals surface area (Å²) in [5.41, 5.74) is 1.28. The van der Waals surface area contributed by atoms with Crippen LogP contribution >= 0.6 is 0 Å². The lowest BCUT2D eigenvalue weighted by Gasteiger charge is -2.27. The first-order valence-electron chi connectivity index (χ1n) is 10.2. The van der Waals surface area contributed by atoms with Gasteiger partial charge in [-0.3, -0.25) is 9.69 Å². The summed E-state index contributed by atoms with van der Waals surface area (Å²) in [4.78, 5) is 30.3. The molecule has 0 atom stereocenters. The summed E-state index contributed by atoms with van der Waals surface area (Å²) >= 11 is 0. The van der Waals surface area contributed by atoms with Gasteiger partial charge in [-0.2, -0.15) is 13.2 Å². The van der Waals surface area contributed by atoms with Gasteiger partial charge in [0.1, 0.15) is 5.82 Å². The van der Waals surface area contributed by atoms with E-state index in [1.165, 1.54) is 18.5 Å². The van der Waals surface area contributed by atoms with Crippen molar-refractivity contribution in [2.75, 3.05) is 39.4 Å². The van der Waals surface area contributed by atoms with Crippen LogP contribution in [0.5, 0.6) is 0 Å². The Morgan fingerprint density at radius 3 is 2.40 bits per heavy atom. The Balaban J connectivity index is 0.000000318. The van der Waals surface area contributed by atoms with Gasteiger partial charge in [0.2, 0.25) is 5.91 Å². The minimum absolute atomic E-state index is 0.341. The number of amides is 1. The Labute approximate surface area is 172 Å². The highest BCUT2D eigenvalue weighted by atomic mass is 19.4. The number of carbonyl (C=O) groups excluding carboxylic acids is 1. The number of nitrogens with zero attached hydrogens (tertiary/aromatic N) is 4. The molecule has 3 aliphatic rings.